The number of urea groups is 1. The number of nitrogen functional groups attached to an aromatic ring is 1. The monoisotopic (exact) mass is 560 g/mol. The number of likely N-dealkylation sites (tertiary alicyclic amines) is 2. The summed E-state index contributed by atoms with van der Waals surface area (Å²) >= 11 is 0. The van der Waals surface area contributed by atoms with E-state index in [9.17, 15) is 27.6 Å². The molecule has 0 radical (unpaired) electrons. The lowest BCUT2D eigenvalue weighted by Gasteiger charge is -2.27. The van der Waals surface area contributed by atoms with E-state index in [0.29, 0.717) is 25.6 Å². The van der Waals surface area contributed by atoms with Crippen molar-refractivity contribution < 1.29 is 27.6 Å². The van der Waals surface area contributed by atoms with Gasteiger partial charge in [-0.3, -0.25) is 14.5 Å². The SMILES string of the molecule is Cc1ccc(CN2CC[C@@H](NC(=O)CNC(=O)c3cc(C(F)(F)F)ccc3N)C2)cc1NC(=O)N1CCCCC1. The zero-order chi connectivity index (χ0) is 28.9. The van der Waals surface area contributed by atoms with Crippen LogP contribution in [0.2, 0.25) is 0 Å². The van der Waals surface area contributed by atoms with Gasteiger partial charge in [0.1, 0.15) is 0 Å². The first-order chi connectivity index (χ1) is 19.0. The summed E-state index contributed by atoms with van der Waals surface area (Å²) in [6.07, 6.45) is -0.703. The maximum Gasteiger partial charge on any atom is 0.416 e. The Hall–Kier alpha value is -3.80. The van der Waals surface area contributed by atoms with E-state index in [-0.39, 0.29) is 29.9 Å². The van der Waals surface area contributed by atoms with Crippen LogP contribution >= 0.6 is 0 Å². The van der Waals surface area contributed by atoms with E-state index in [2.05, 4.69) is 20.9 Å². The van der Waals surface area contributed by atoms with Gasteiger partial charge >= 0.3 is 12.2 Å². The third-order valence-electron chi connectivity index (χ3n) is 7.27. The fourth-order valence-electron chi connectivity index (χ4n) is 5.01. The standard InChI is InChI=1S/C28H35F3N6O3/c1-18-5-6-19(13-24(18)35-27(40)37-10-3-2-4-11-37)16-36-12-9-21(17-36)34-25(38)15-33-26(39)22-14-20(28(29,30)31)7-8-23(22)32/h5-8,13-14,21H,2-4,9-12,15-17,32H2,1H3,(H,33,39)(H,34,38)(H,35,40)/t21-/m1/s1. The molecule has 2 aliphatic heterocycles. The van der Waals surface area contributed by atoms with Crippen LogP contribution in [0.4, 0.5) is 29.3 Å². The number of carbonyl (C=O) groups is 3. The number of hydrogen-bond donors (Lipinski definition) is 4. The molecule has 2 fully saturated rings. The molecule has 12 heteroatoms. The fraction of sp³-hybridized carbons (Fsp3) is 0.464. The predicted molar refractivity (Wildman–Crippen MR) is 146 cm³/mol. The lowest BCUT2D eigenvalue weighted by atomic mass is 10.1. The molecule has 2 aromatic carbocycles. The molecule has 4 rings (SSSR count). The number of nitrogens with one attached hydrogen (secondary N) is 3. The van der Waals surface area contributed by atoms with Crippen molar-refractivity contribution in [3.63, 3.8) is 0 Å². The molecule has 0 spiro atoms. The Balaban J connectivity index is 1.25. The number of aryl methyl sites for hydroxylation is 1. The van der Waals surface area contributed by atoms with E-state index in [1.807, 2.05) is 30.0 Å². The Bertz CT molecular complexity index is 1250. The zero-order valence-electron chi connectivity index (χ0n) is 22.4. The van der Waals surface area contributed by atoms with Crippen LogP contribution in [-0.2, 0) is 17.5 Å². The molecule has 5 N–H and O–H groups in total. The zero-order valence-corrected chi connectivity index (χ0v) is 22.4. The number of nitrogens with zero attached hydrogens (tertiary/aromatic N) is 2. The van der Waals surface area contributed by atoms with E-state index in [1.54, 1.807) is 0 Å². The van der Waals surface area contributed by atoms with Gasteiger partial charge in [0, 0.05) is 50.1 Å². The molecule has 9 nitrogen and oxygen atoms in total. The van der Waals surface area contributed by atoms with Gasteiger partial charge in [0.15, 0.2) is 0 Å². The van der Waals surface area contributed by atoms with Crippen molar-refractivity contribution in [1.82, 2.24) is 20.4 Å². The molecule has 216 valence electrons. The molecule has 40 heavy (non-hydrogen) atoms. The van der Waals surface area contributed by atoms with Crippen molar-refractivity contribution in [2.24, 2.45) is 0 Å². The second kappa shape index (κ2) is 12.6. The van der Waals surface area contributed by atoms with Crippen molar-refractivity contribution in [3.05, 3.63) is 58.7 Å². The predicted octanol–water partition coefficient (Wildman–Crippen LogP) is 3.73. The van der Waals surface area contributed by atoms with Crippen LogP contribution < -0.4 is 21.7 Å². The Morgan fingerprint density at radius 3 is 2.50 bits per heavy atom. The fourth-order valence-corrected chi connectivity index (χ4v) is 5.01. The summed E-state index contributed by atoms with van der Waals surface area (Å²) in [5.74, 6) is -1.29. The number of hydrogen-bond acceptors (Lipinski definition) is 5. The van der Waals surface area contributed by atoms with E-state index in [0.717, 1.165) is 67.8 Å². The van der Waals surface area contributed by atoms with Crippen LogP contribution in [0, 0.1) is 6.92 Å². The van der Waals surface area contributed by atoms with Gasteiger partial charge in [0.05, 0.1) is 17.7 Å². The van der Waals surface area contributed by atoms with E-state index < -0.39 is 23.6 Å². The summed E-state index contributed by atoms with van der Waals surface area (Å²) < 4.78 is 38.9. The summed E-state index contributed by atoms with van der Waals surface area (Å²) in [7, 11) is 0. The number of rotatable bonds is 7. The first-order valence-corrected chi connectivity index (χ1v) is 13.4. The third-order valence-corrected chi connectivity index (χ3v) is 7.27. The normalized spacial score (nSPS) is 17.9. The number of alkyl halides is 3. The molecule has 0 bridgehead atoms. The number of carbonyl (C=O) groups excluding carboxylic acids is 3. The van der Waals surface area contributed by atoms with E-state index in [1.165, 1.54) is 0 Å². The average Bonchev–Trinajstić information content (AvgIpc) is 3.35. The lowest BCUT2D eigenvalue weighted by Crippen LogP contribution is -2.43. The van der Waals surface area contributed by atoms with Crippen molar-refractivity contribution >= 4 is 29.2 Å². The minimum Gasteiger partial charge on any atom is -0.398 e. The van der Waals surface area contributed by atoms with Crippen LogP contribution in [0.5, 0.6) is 0 Å². The highest BCUT2D eigenvalue weighted by molar-refractivity contribution is 6.00. The first kappa shape index (κ1) is 29.2. The van der Waals surface area contributed by atoms with Gasteiger partial charge < -0.3 is 26.6 Å². The molecule has 2 aliphatic rings. The van der Waals surface area contributed by atoms with Crippen molar-refractivity contribution in [2.45, 2.75) is 51.4 Å². The van der Waals surface area contributed by atoms with Crippen LogP contribution in [-0.4, -0.2) is 66.4 Å². The third kappa shape index (κ3) is 7.65. The Kier molecular flexibility index (Phi) is 9.18. The van der Waals surface area contributed by atoms with Gasteiger partial charge in [-0.1, -0.05) is 12.1 Å². The number of piperidine rings is 1. The molecule has 0 saturated carbocycles. The second-order valence-electron chi connectivity index (χ2n) is 10.4. The molecule has 4 amide bonds. The van der Waals surface area contributed by atoms with Gasteiger partial charge in [-0.2, -0.15) is 13.2 Å². The smallest absolute Gasteiger partial charge is 0.398 e. The molecule has 2 heterocycles. The average molecular weight is 561 g/mol. The summed E-state index contributed by atoms with van der Waals surface area (Å²) in [5, 5.41) is 8.25. The van der Waals surface area contributed by atoms with Gasteiger partial charge in [0.2, 0.25) is 5.91 Å². The molecule has 0 aliphatic carbocycles. The van der Waals surface area contributed by atoms with Crippen LogP contribution in [0.3, 0.4) is 0 Å². The Morgan fingerprint density at radius 1 is 1.02 bits per heavy atom. The maximum absolute atomic E-state index is 13.0. The number of anilines is 2. The molecular formula is C28H35F3N6O3. The molecule has 2 aromatic rings. The van der Waals surface area contributed by atoms with E-state index >= 15 is 0 Å². The van der Waals surface area contributed by atoms with Gasteiger partial charge in [0.25, 0.3) is 5.91 Å². The highest BCUT2D eigenvalue weighted by atomic mass is 19.4. The second-order valence-corrected chi connectivity index (χ2v) is 10.4. The quantitative estimate of drug-likeness (QED) is 0.385. The highest BCUT2D eigenvalue weighted by Gasteiger charge is 2.32. The van der Waals surface area contributed by atoms with Gasteiger partial charge in [-0.05, 0) is 68.0 Å². The van der Waals surface area contributed by atoms with Crippen molar-refractivity contribution in [2.75, 3.05) is 43.8 Å². The summed E-state index contributed by atoms with van der Waals surface area (Å²) in [4.78, 5) is 41.5. The van der Waals surface area contributed by atoms with Crippen molar-refractivity contribution in [3.8, 4) is 0 Å². The van der Waals surface area contributed by atoms with Crippen LogP contribution in [0.1, 0.15) is 52.7 Å². The van der Waals surface area contributed by atoms with Gasteiger partial charge in [-0.15, -0.1) is 0 Å². The molecule has 1 atom stereocenters. The van der Waals surface area contributed by atoms with Crippen LogP contribution in [0.25, 0.3) is 0 Å². The Morgan fingerprint density at radius 2 is 1.77 bits per heavy atom. The molecule has 0 aromatic heterocycles. The largest absolute Gasteiger partial charge is 0.416 e. The van der Waals surface area contributed by atoms with Crippen molar-refractivity contribution in [1.29, 1.82) is 0 Å². The molecule has 2 saturated heterocycles. The highest BCUT2D eigenvalue weighted by Crippen LogP contribution is 2.31. The summed E-state index contributed by atoms with van der Waals surface area (Å²) in [5.41, 5.74) is 7.04. The summed E-state index contributed by atoms with van der Waals surface area (Å²) in [6, 6.07) is 8.27. The maximum atomic E-state index is 13.0. The number of halogens is 3. The van der Waals surface area contributed by atoms with Gasteiger partial charge in [-0.25, -0.2) is 4.79 Å². The minimum atomic E-state index is -4.62. The Labute approximate surface area is 231 Å². The lowest BCUT2D eigenvalue weighted by molar-refractivity contribution is -0.137. The van der Waals surface area contributed by atoms with Crippen LogP contribution in [0.15, 0.2) is 36.4 Å². The topological polar surface area (TPSA) is 120 Å². The minimum absolute atomic E-state index is 0.0771. The molecule has 0 unspecified atom stereocenters. The molecular weight excluding hydrogens is 525 g/mol. The summed E-state index contributed by atoms with van der Waals surface area (Å²) in [6.45, 7) is 5.11. The first-order valence-electron chi connectivity index (χ1n) is 13.4. The van der Waals surface area contributed by atoms with E-state index in [4.69, 9.17) is 5.73 Å². The number of amides is 4. The number of benzene rings is 2. The number of nitrogens with two attached hydrogens (primary N) is 1.